The fraction of sp³-hybridized carbons (Fsp3) is 0.474. The van der Waals surface area contributed by atoms with Crippen molar-refractivity contribution in [1.29, 1.82) is 0 Å². The first-order valence-electron chi connectivity index (χ1n) is 8.56. The largest absolute Gasteiger partial charge is 0.295 e. The Kier molecular flexibility index (Phi) is 6.85. The Labute approximate surface area is 138 Å². The van der Waals surface area contributed by atoms with Crippen molar-refractivity contribution in [1.82, 2.24) is 10.4 Å². The Morgan fingerprint density at radius 2 is 1.91 bits per heavy atom. The predicted octanol–water partition coefficient (Wildman–Crippen LogP) is 3.85. The summed E-state index contributed by atoms with van der Waals surface area (Å²) in [6.07, 6.45) is 10.6. The van der Waals surface area contributed by atoms with Gasteiger partial charge in [0, 0.05) is 18.2 Å². The monoisotopic (exact) mass is 314 g/mol. The van der Waals surface area contributed by atoms with Crippen molar-refractivity contribution < 1.29 is 9.59 Å². The van der Waals surface area contributed by atoms with Gasteiger partial charge in [-0.05, 0) is 24.6 Å². The van der Waals surface area contributed by atoms with Gasteiger partial charge in [-0.3, -0.25) is 20.0 Å². The third kappa shape index (κ3) is 5.55. The fourth-order valence-corrected chi connectivity index (χ4v) is 2.81. The quantitative estimate of drug-likeness (QED) is 0.742. The highest BCUT2D eigenvalue weighted by Gasteiger charge is 2.23. The molecule has 1 unspecified atom stereocenters. The third-order valence-corrected chi connectivity index (χ3v) is 4.16. The van der Waals surface area contributed by atoms with Gasteiger partial charge in [0.05, 0.1) is 6.04 Å². The molecule has 0 bridgehead atoms. The van der Waals surface area contributed by atoms with E-state index in [1.165, 1.54) is 25.7 Å². The Bertz CT molecular complexity index is 540. The lowest BCUT2D eigenvalue weighted by molar-refractivity contribution is -0.116. The first kappa shape index (κ1) is 17.3. The molecular weight excluding hydrogens is 288 g/mol. The molecule has 1 aromatic carbocycles. The smallest absolute Gasteiger partial charge is 0.269 e. The number of allylic oxidation sites excluding steroid dienone is 1. The molecule has 1 heterocycles. The van der Waals surface area contributed by atoms with E-state index in [0.29, 0.717) is 12.0 Å². The van der Waals surface area contributed by atoms with Gasteiger partial charge in [0.1, 0.15) is 0 Å². The molecule has 0 fully saturated rings. The predicted molar refractivity (Wildman–Crippen MR) is 91.7 cm³/mol. The minimum absolute atomic E-state index is 0.0572. The molecule has 0 spiro atoms. The number of rotatable bonds is 8. The molecule has 23 heavy (non-hydrogen) atoms. The lowest BCUT2D eigenvalue weighted by Crippen LogP contribution is -2.47. The van der Waals surface area contributed by atoms with E-state index in [1.54, 1.807) is 29.4 Å². The van der Waals surface area contributed by atoms with E-state index in [2.05, 4.69) is 12.3 Å². The number of amides is 1. The lowest BCUT2D eigenvalue weighted by atomic mass is 9.99. The standard InChI is InChI=1S/C19H26N2O2/c1-2-3-4-5-9-12-17-15-18(22)13-14-21(17)20-19(23)16-10-7-6-8-11-16/h6-8,10-11,13-14,17H,2-5,9,12,15H2,1H3,(H,20,23). The number of ketones is 1. The Hall–Kier alpha value is -2.10. The average Bonchev–Trinajstić information content (AvgIpc) is 2.57. The molecule has 1 aliphatic heterocycles. The van der Waals surface area contributed by atoms with Crippen LogP contribution in [0.25, 0.3) is 0 Å². The lowest BCUT2D eigenvalue weighted by Gasteiger charge is -2.32. The maximum absolute atomic E-state index is 12.3. The van der Waals surface area contributed by atoms with E-state index in [4.69, 9.17) is 0 Å². The Morgan fingerprint density at radius 1 is 1.17 bits per heavy atom. The second-order valence-corrected chi connectivity index (χ2v) is 6.06. The highest BCUT2D eigenvalue weighted by molar-refractivity contribution is 5.94. The van der Waals surface area contributed by atoms with E-state index in [9.17, 15) is 9.59 Å². The van der Waals surface area contributed by atoms with Crippen molar-refractivity contribution in [2.45, 2.75) is 57.9 Å². The van der Waals surface area contributed by atoms with Gasteiger partial charge in [0.15, 0.2) is 5.78 Å². The van der Waals surface area contributed by atoms with Gasteiger partial charge in [-0.2, -0.15) is 0 Å². The summed E-state index contributed by atoms with van der Waals surface area (Å²) in [6.45, 7) is 2.20. The van der Waals surface area contributed by atoms with E-state index < -0.39 is 0 Å². The third-order valence-electron chi connectivity index (χ3n) is 4.16. The minimum atomic E-state index is -0.138. The number of hydrazine groups is 1. The zero-order valence-corrected chi connectivity index (χ0v) is 13.8. The van der Waals surface area contributed by atoms with E-state index in [1.807, 2.05) is 18.2 Å². The molecule has 4 nitrogen and oxygen atoms in total. The van der Waals surface area contributed by atoms with Crippen molar-refractivity contribution in [3.63, 3.8) is 0 Å². The molecule has 1 atom stereocenters. The summed E-state index contributed by atoms with van der Waals surface area (Å²) in [4.78, 5) is 24.0. The summed E-state index contributed by atoms with van der Waals surface area (Å²) in [5, 5.41) is 1.80. The highest BCUT2D eigenvalue weighted by atomic mass is 16.2. The number of carbonyl (C=O) groups excluding carboxylic acids is 2. The van der Waals surface area contributed by atoms with Crippen LogP contribution < -0.4 is 5.43 Å². The highest BCUT2D eigenvalue weighted by Crippen LogP contribution is 2.18. The normalized spacial score (nSPS) is 17.3. The van der Waals surface area contributed by atoms with Crippen LogP contribution in [0.2, 0.25) is 0 Å². The number of nitrogens with one attached hydrogen (secondary N) is 1. The number of benzene rings is 1. The molecule has 1 N–H and O–H groups in total. The minimum Gasteiger partial charge on any atom is -0.295 e. The molecular formula is C19H26N2O2. The van der Waals surface area contributed by atoms with E-state index in [0.717, 1.165) is 12.8 Å². The molecule has 2 rings (SSSR count). The van der Waals surface area contributed by atoms with Gasteiger partial charge in [-0.25, -0.2) is 0 Å². The van der Waals surface area contributed by atoms with Gasteiger partial charge in [0.25, 0.3) is 5.91 Å². The van der Waals surface area contributed by atoms with Crippen LogP contribution in [0, 0.1) is 0 Å². The van der Waals surface area contributed by atoms with Crippen molar-refractivity contribution in [3.05, 3.63) is 48.2 Å². The maximum Gasteiger partial charge on any atom is 0.269 e. The van der Waals surface area contributed by atoms with Crippen molar-refractivity contribution >= 4 is 11.7 Å². The van der Waals surface area contributed by atoms with Crippen LogP contribution in [0.3, 0.4) is 0 Å². The molecule has 1 amide bonds. The van der Waals surface area contributed by atoms with Crippen LogP contribution in [0.4, 0.5) is 0 Å². The second-order valence-electron chi connectivity index (χ2n) is 6.06. The van der Waals surface area contributed by atoms with Crippen LogP contribution >= 0.6 is 0 Å². The van der Waals surface area contributed by atoms with Gasteiger partial charge >= 0.3 is 0 Å². The van der Waals surface area contributed by atoms with Crippen molar-refractivity contribution in [2.75, 3.05) is 0 Å². The number of hydrogen-bond acceptors (Lipinski definition) is 3. The maximum atomic E-state index is 12.3. The number of unbranched alkanes of at least 4 members (excludes halogenated alkanes) is 4. The molecule has 124 valence electrons. The molecule has 0 radical (unpaired) electrons. The van der Waals surface area contributed by atoms with E-state index >= 15 is 0 Å². The average molecular weight is 314 g/mol. The number of nitrogens with zero attached hydrogens (tertiary/aromatic N) is 1. The summed E-state index contributed by atoms with van der Waals surface area (Å²) in [6, 6.07) is 9.20. The van der Waals surface area contributed by atoms with Crippen LogP contribution in [-0.2, 0) is 4.79 Å². The molecule has 1 aromatic rings. The van der Waals surface area contributed by atoms with Gasteiger partial charge in [0.2, 0.25) is 0 Å². The summed E-state index contributed by atoms with van der Waals surface area (Å²) < 4.78 is 0. The molecule has 0 aromatic heterocycles. The van der Waals surface area contributed by atoms with Crippen molar-refractivity contribution in [3.8, 4) is 0 Å². The first-order chi connectivity index (χ1) is 11.2. The van der Waals surface area contributed by atoms with Gasteiger partial charge in [-0.15, -0.1) is 0 Å². The van der Waals surface area contributed by atoms with Gasteiger partial charge < -0.3 is 0 Å². The zero-order chi connectivity index (χ0) is 16.5. The molecule has 4 heteroatoms. The van der Waals surface area contributed by atoms with Crippen LogP contribution in [0.1, 0.15) is 62.2 Å². The van der Waals surface area contributed by atoms with Crippen LogP contribution in [0.5, 0.6) is 0 Å². The molecule has 1 aliphatic rings. The summed E-state index contributed by atoms with van der Waals surface area (Å²) in [7, 11) is 0. The summed E-state index contributed by atoms with van der Waals surface area (Å²) >= 11 is 0. The molecule has 0 saturated carbocycles. The number of hydrogen-bond donors (Lipinski definition) is 1. The molecule has 0 aliphatic carbocycles. The van der Waals surface area contributed by atoms with Crippen LogP contribution in [-0.4, -0.2) is 22.7 Å². The number of carbonyl (C=O) groups is 2. The zero-order valence-electron chi connectivity index (χ0n) is 13.8. The van der Waals surface area contributed by atoms with Crippen LogP contribution in [0.15, 0.2) is 42.6 Å². The fourth-order valence-electron chi connectivity index (χ4n) is 2.81. The summed E-state index contributed by atoms with van der Waals surface area (Å²) in [5.41, 5.74) is 3.54. The van der Waals surface area contributed by atoms with E-state index in [-0.39, 0.29) is 17.7 Å². The molecule has 0 saturated heterocycles. The topological polar surface area (TPSA) is 49.4 Å². The SMILES string of the molecule is CCCCCCCC1CC(=O)C=CN1NC(=O)c1ccccc1. The van der Waals surface area contributed by atoms with Gasteiger partial charge in [-0.1, -0.05) is 57.2 Å². The second kappa shape index (κ2) is 9.13. The summed E-state index contributed by atoms with van der Waals surface area (Å²) in [5.74, 6) is -0.00523. The first-order valence-corrected chi connectivity index (χ1v) is 8.56. The van der Waals surface area contributed by atoms with Crippen molar-refractivity contribution in [2.24, 2.45) is 0 Å². The Morgan fingerprint density at radius 3 is 2.65 bits per heavy atom. The Balaban J connectivity index is 1.90.